The van der Waals surface area contributed by atoms with Crippen LogP contribution in [0.4, 0.5) is 10.1 Å². The summed E-state index contributed by atoms with van der Waals surface area (Å²) in [7, 11) is 3.91. The predicted octanol–water partition coefficient (Wildman–Crippen LogP) is 2.50. The number of rotatable bonds is 11. The first-order chi connectivity index (χ1) is 14.7. The molecule has 168 valence electrons. The van der Waals surface area contributed by atoms with Crippen molar-refractivity contribution in [3.05, 3.63) is 58.9 Å². The number of carbonyl (C=O) groups is 2. The van der Waals surface area contributed by atoms with Crippen molar-refractivity contribution in [3.63, 3.8) is 0 Å². The van der Waals surface area contributed by atoms with Gasteiger partial charge in [-0.15, -0.1) is 0 Å². The van der Waals surface area contributed by atoms with Crippen LogP contribution in [0.1, 0.15) is 18.4 Å². The SMILES string of the molecule is CN(C)c1ccc(CNC(=O)CC(O)CCNC(=O)COc2ccc(Cl)c(F)c2)cc1. The van der Waals surface area contributed by atoms with E-state index in [-0.39, 0.29) is 42.7 Å². The van der Waals surface area contributed by atoms with Gasteiger partial charge in [0.2, 0.25) is 5.91 Å². The molecule has 0 aliphatic carbocycles. The van der Waals surface area contributed by atoms with Crippen molar-refractivity contribution < 1.29 is 23.8 Å². The van der Waals surface area contributed by atoms with Crippen LogP contribution in [0.15, 0.2) is 42.5 Å². The quantitative estimate of drug-likeness (QED) is 0.488. The molecule has 0 spiro atoms. The highest BCUT2D eigenvalue weighted by Gasteiger charge is 2.12. The molecular formula is C22H27ClFN3O4. The number of hydrogen-bond donors (Lipinski definition) is 3. The normalized spacial score (nSPS) is 11.5. The predicted molar refractivity (Wildman–Crippen MR) is 118 cm³/mol. The van der Waals surface area contributed by atoms with Gasteiger partial charge in [-0.1, -0.05) is 23.7 Å². The summed E-state index contributed by atoms with van der Waals surface area (Å²) in [5, 5.41) is 15.3. The maximum Gasteiger partial charge on any atom is 0.257 e. The zero-order valence-corrected chi connectivity index (χ0v) is 18.3. The van der Waals surface area contributed by atoms with Gasteiger partial charge in [-0.3, -0.25) is 9.59 Å². The first kappa shape index (κ1) is 24.4. The summed E-state index contributed by atoms with van der Waals surface area (Å²) in [6, 6.07) is 11.7. The lowest BCUT2D eigenvalue weighted by Crippen LogP contribution is -2.33. The van der Waals surface area contributed by atoms with Crippen molar-refractivity contribution >= 4 is 29.1 Å². The highest BCUT2D eigenvalue weighted by molar-refractivity contribution is 6.30. The van der Waals surface area contributed by atoms with Crippen molar-refractivity contribution in [2.45, 2.75) is 25.5 Å². The van der Waals surface area contributed by atoms with E-state index in [0.717, 1.165) is 17.3 Å². The van der Waals surface area contributed by atoms with Crippen LogP contribution in [0.2, 0.25) is 5.02 Å². The molecule has 0 heterocycles. The van der Waals surface area contributed by atoms with Crippen LogP contribution in [0.3, 0.4) is 0 Å². The summed E-state index contributed by atoms with van der Waals surface area (Å²) in [6.45, 7) is 0.251. The fraction of sp³-hybridized carbons (Fsp3) is 0.364. The van der Waals surface area contributed by atoms with E-state index >= 15 is 0 Å². The lowest BCUT2D eigenvalue weighted by molar-refractivity contribution is -0.123. The number of hydrogen-bond acceptors (Lipinski definition) is 5. The summed E-state index contributed by atoms with van der Waals surface area (Å²) in [6.07, 6.45) is -0.735. The molecule has 2 rings (SSSR count). The minimum absolute atomic E-state index is 0.0305. The monoisotopic (exact) mass is 451 g/mol. The standard InChI is InChI=1S/C22H27ClFN3O4/c1-27(2)16-5-3-15(4-6-16)13-26-21(29)11-17(28)9-10-25-22(30)14-31-18-7-8-19(23)20(24)12-18/h3-8,12,17,28H,9-11,13-14H2,1-2H3,(H,25,30)(H,26,29). The van der Waals surface area contributed by atoms with E-state index in [1.165, 1.54) is 12.1 Å². The number of aliphatic hydroxyl groups is 1. The number of halogens is 2. The van der Waals surface area contributed by atoms with E-state index in [1.54, 1.807) is 0 Å². The molecule has 0 saturated carbocycles. The van der Waals surface area contributed by atoms with E-state index < -0.39 is 17.8 Å². The number of aliphatic hydroxyl groups excluding tert-OH is 1. The van der Waals surface area contributed by atoms with Gasteiger partial charge in [0.25, 0.3) is 5.91 Å². The van der Waals surface area contributed by atoms with E-state index in [1.807, 2.05) is 43.3 Å². The Morgan fingerprint density at radius 1 is 1.13 bits per heavy atom. The summed E-state index contributed by atoms with van der Waals surface area (Å²) < 4.78 is 18.5. The number of benzene rings is 2. The van der Waals surface area contributed by atoms with Crippen molar-refractivity contribution in [1.82, 2.24) is 10.6 Å². The fourth-order valence-electron chi connectivity index (χ4n) is 2.65. The van der Waals surface area contributed by atoms with Crippen LogP contribution < -0.4 is 20.3 Å². The Morgan fingerprint density at radius 2 is 1.84 bits per heavy atom. The van der Waals surface area contributed by atoms with Gasteiger partial charge in [-0.25, -0.2) is 4.39 Å². The van der Waals surface area contributed by atoms with Crippen LogP contribution in [-0.2, 0) is 16.1 Å². The van der Waals surface area contributed by atoms with E-state index in [9.17, 15) is 19.1 Å². The van der Waals surface area contributed by atoms with Gasteiger partial charge >= 0.3 is 0 Å². The van der Waals surface area contributed by atoms with Gasteiger partial charge in [-0.2, -0.15) is 0 Å². The van der Waals surface area contributed by atoms with Crippen LogP contribution in [-0.4, -0.2) is 50.3 Å². The van der Waals surface area contributed by atoms with Crippen LogP contribution in [0.25, 0.3) is 0 Å². The van der Waals surface area contributed by atoms with Gasteiger partial charge < -0.3 is 25.4 Å². The van der Waals surface area contributed by atoms with Crippen molar-refractivity contribution in [2.24, 2.45) is 0 Å². The molecule has 1 atom stereocenters. The van der Waals surface area contributed by atoms with Crippen molar-refractivity contribution in [3.8, 4) is 5.75 Å². The lowest BCUT2D eigenvalue weighted by Gasteiger charge is -2.14. The largest absolute Gasteiger partial charge is 0.484 e. The molecule has 2 amide bonds. The molecule has 9 heteroatoms. The molecule has 2 aromatic carbocycles. The Morgan fingerprint density at radius 3 is 2.48 bits per heavy atom. The number of nitrogens with one attached hydrogen (secondary N) is 2. The average molecular weight is 452 g/mol. The van der Waals surface area contributed by atoms with Crippen LogP contribution >= 0.6 is 11.6 Å². The van der Waals surface area contributed by atoms with Gasteiger partial charge in [0.1, 0.15) is 11.6 Å². The number of anilines is 1. The molecule has 3 N–H and O–H groups in total. The number of amides is 2. The molecule has 0 bridgehead atoms. The number of nitrogens with zero attached hydrogens (tertiary/aromatic N) is 1. The Labute approximate surface area is 186 Å². The minimum Gasteiger partial charge on any atom is -0.484 e. The molecule has 1 unspecified atom stereocenters. The number of ether oxygens (including phenoxy) is 1. The van der Waals surface area contributed by atoms with Crippen LogP contribution in [0, 0.1) is 5.82 Å². The van der Waals surface area contributed by atoms with Crippen molar-refractivity contribution in [1.29, 1.82) is 0 Å². The maximum atomic E-state index is 13.3. The Kier molecular flexibility index (Phi) is 9.55. The molecule has 31 heavy (non-hydrogen) atoms. The van der Waals surface area contributed by atoms with E-state index in [2.05, 4.69) is 10.6 Å². The molecule has 0 saturated heterocycles. The van der Waals surface area contributed by atoms with Crippen molar-refractivity contribution in [2.75, 3.05) is 32.1 Å². The van der Waals surface area contributed by atoms with Crippen LogP contribution in [0.5, 0.6) is 5.75 Å². The Bertz CT molecular complexity index is 878. The zero-order valence-electron chi connectivity index (χ0n) is 17.5. The molecule has 0 fully saturated rings. The lowest BCUT2D eigenvalue weighted by atomic mass is 10.1. The zero-order chi connectivity index (χ0) is 22.8. The highest BCUT2D eigenvalue weighted by atomic mass is 35.5. The molecule has 2 aromatic rings. The van der Waals surface area contributed by atoms with Gasteiger partial charge in [0.05, 0.1) is 17.5 Å². The second-order valence-electron chi connectivity index (χ2n) is 7.20. The molecule has 0 radical (unpaired) electrons. The topological polar surface area (TPSA) is 90.9 Å². The Balaban J connectivity index is 1.60. The third-order valence-corrected chi connectivity index (χ3v) is 4.73. The molecule has 0 aliphatic heterocycles. The molecule has 0 aromatic heterocycles. The molecule has 7 nitrogen and oxygen atoms in total. The van der Waals surface area contributed by atoms with Gasteiger partial charge in [-0.05, 0) is 36.2 Å². The smallest absolute Gasteiger partial charge is 0.257 e. The highest BCUT2D eigenvalue weighted by Crippen LogP contribution is 2.20. The minimum atomic E-state index is -0.886. The van der Waals surface area contributed by atoms with Gasteiger partial charge in [0.15, 0.2) is 6.61 Å². The second-order valence-corrected chi connectivity index (χ2v) is 7.61. The summed E-state index contributed by atoms with van der Waals surface area (Å²) >= 11 is 5.58. The fourth-order valence-corrected chi connectivity index (χ4v) is 2.76. The average Bonchev–Trinajstić information content (AvgIpc) is 2.73. The van der Waals surface area contributed by atoms with E-state index in [4.69, 9.17) is 16.3 Å². The first-order valence-corrected chi connectivity index (χ1v) is 10.2. The first-order valence-electron chi connectivity index (χ1n) is 9.80. The molecular weight excluding hydrogens is 425 g/mol. The van der Waals surface area contributed by atoms with E-state index in [0.29, 0.717) is 6.54 Å². The Hall–Kier alpha value is -2.84. The third kappa shape index (κ3) is 8.82. The number of carbonyl (C=O) groups excluding carboxylic acids is 2. The third-order valence-electron chi connectivity index (χ3n) is 4.42. The summed E-state index contributed by atoms with van der Waals surface area (Å²) in [5.41, 5.74) is 2.03. The maximum absolute atomic E-state index is 13.3. The van der Waals surface area contributed by atoms with Gasteiger partial charge in [0, 0.05) is 38.9 Å². The molecule has 0 aliphatic rings. The second kappa shape index (κ2) is 12.1. The summed E-state index contributed by atoms with van der Waals surface area (Å²) in [4.78, 5) is 25.7. The summed E-state index contributed by atoms with van der Waals surface area (Å²) in [5.74, 6) is -1.14.